The van der Waals surface area contributed by atoms with Crippen LogP contribution in [-0.4, -0.2) is 18.0 Å². The molecule has 0 aromatic rings. The molecule has 3 heteroatoms. The van der Waals surface area contributed by atoms with Crippen LogP contribution in [0.15, 0.2) is 22.9 Å². The third-order valence-electron chi connectivity index (χ3n) is 2.50. The predicted octanol–water partition coefficient (Wildman–Crippen LogP) is 1.57. The zero-order chi connectivity index (χ0) is 10.0. The van der Waals surface area contributed by atoms with Crippen LogP contribution in [0.25, 0.3) is 0 Å². The third kappa shape index (κ3) is 1.41. The van der Waals surface area contributed by atoms with Gasteiger partial charge in [0.1, 0.15) is 6.07 Å². The van der Waals surface area contributed by atoms with Crippen LogP contribution in [0.4, 0.5) is 0 Å². The van der Waals surface area contributed by atoms with Gasteiger partial charge in [-0.2, -0.15) is 10.5 Å². The highest BCUT2D eigenvalue weighted by Crippen LogP contribution is 2.23. The molecule has 1 heterocycles. The summed E-state index contributed by atoms with van der Waals surface area (Å²) in [6.07, 6.45) is 1.67. The second-order valence-electron chi connectivity index (χ2n) is 3.11. The molecule has 0 spiro atoms. The lowest BCUT2D eigenvalue weighted by Crippen LogP contribution is -2.32. The van der Waals surface area contributed by atoms with Crippen LogP contribution in [0.5, 0.6) is 0 Å². The molecule has 1 unspecified atom stereocenters. The van der Waals surface area contributed by atoms with Crippen LogP contribution in [0.1, 0.15) is 13.8 Å². The molecule has 0 bridgehead atoms. The van der Waals surface area contributed by atoms with Crippen molar-refractivity contribution in [1.29, 1.82) is 10.5 Å². The summed E-state index contributed by atoms with van der Waals surface area (Å²) < 4.78 is 0. The number of nitriles is 2. The number of nitrogens with zero attached hydrogens (tertiary/aromatic N) is 3. The van der Waals surface area contributed by atoms with Gasteiger partial charge in [-0.25, -0.2) is 0 Å². The molecular weight excluding hydrogens is 162 g/mol. The van der Waals surface area contributed by atoms with Crippen LogP contribution in [-0.2, 0) is 0 Å². The van der Waals surface area contributed by atoms with E-state index >= 15 is 0 Å². The summed E-state index contributed by atoms with van der Waals surface area (Å²) in [6, 6.07) is 4.25. The van der Waals surface area contributed by atoms with Crippen molar-refractivity contribution < 1.29 is 0 Å². The monoisotopic (exact) mass is 173 g/mol. The van der Waals surface area contributed by atoms with Crippen molar-refractivity contribution in [2.75, 3.05) is 7.05 Å². The van der Waals surface area contributed by atoms with Crippen LogP contribution < -0.4 is 0 Å². The predicted molar refractivity (Wildman–Crippen MR) is 49.2 cm³/mol. The maximum absolute atomic E-state index is 8.80. The molecule has 0 aliphatic carbocycles. The minimum absolute atomic E-state index is 0.0714. The highest BCUT2D eigenvalue weighted by atomic mass is 15.1. The fraction of sp³-hybridized carbons (Fsp3) is 0.400. The average molecular weight is 173 g/mol. The van der Waals surface area contributed by atoms with E-state index in [1.807, 2.05) is 25.8 Å². The Morgan fingerprint density at radius 3 is 2.46 bits per heavy atom. The average Bonchev–Trinajstić information content (AvgIpc) is 2.15. The van der Waals surface area contributed by atoms with Gasteiger partial charge in [0.15, 0.2) is 0 Å². The normalized spacial score (nSPS) is 22.1. The Bertz CT molecular complexity index is 363. The summed E-state index contributed by atoms with van der Waals surface area (Å²) in [6.45, 7) is 3.84. The number of likely N-dealkylation sites (N-methyl/N-ethyl adjacent to an activating group) is 1. The SMILES string of the molecule is CC1=C(C#N)C=C(C#N)C(C)N1C. The summed E-state index contributed by atoms with van der Waals surface area (Å²) in [7, 11) is 1.89. The standard InChI is InChI=1S/C10H11N3/c1-7-9(5-11)4-10(6-12)8(2)13(7)3/h4,7H,1-3H3. The second-order valence-corrected chi connectivity index (χ2v) is 3.11. The Morgan fingerprint density at radius 2 is 2.00 bits per heavy atom. The fourth-order valence-corrected chi connectivity index (χ4v) is 1.31. The lowest BCUT2D eigenvalue weighted by atomic mass is 9.99. The van der Waals surface area contributed by atoms with Gasteiger partial charge in [0, 0.05) is 12.7 Å². The molecule has 0 aromatic heterocycles. The Kier molecular flexibility index (Phi) is 2.39. The molecule has 0 saturated heterocycles. The van der Waals surface area contributed by atoms with E-state index in [1.165, 1.54) is 0 Å². The lowest BCUT2D eigenvalue weighted by Gasteiger charge is -2.30. The van der Waals surface area contributed by atoms with Gasteiger partial charge in [-0.3, -0.25) is 0 Å². The van der Waals surface area contributed by atoms with Gasteiger partial charge in [-0.05, 0) is 19.9 Å². The molecule has 66 valence electrons. The first-order valence-electron chi connectivity index (χ1n) is 4.07. The van der Waals surface area contributed by atoms with Crippen LogP contribution >= 0.6 is 0 Å². The van der Waals surface area contributed by atoms with Gasteiger partial charge in [0.25, 0.3) is 0 Å². The number of allylic oxidation sites excluding steroid dienone is 3. The van der Waals surface area contributed by atoms with E-state index in [9.17, 15) is 0 Å². The Hall–Kier alpha value is -1.74. The maximum atomic E-state index is 8.80. The van der Waals surface area contributed by atoms with Gasteiger partial charge >= 0.3 is 0 Å². The molecule has 0 amide bonds. The van der Waals surface area contributed by atoms with Gasteiger partial charge in [0.2, 0.25) is 0 Å². The van der Waals surface area contributed by atoms with Crippen molar-refractivity contribution in [3.05, 3.63) is 22.9 Å². The van der Waals surface area contributed by atoms with Gasteiger partial charge in [-0.1, -0.05) is 0 Å². The van der Waals surface area contributed by atoms with Crippen LogP contribution in [0.3, 0.4) is 0 Å². The maximum Gasteiger partial charge on any atom is 0.101 e. The second kappa shape index (κ2) is 3.33. The van der Waals surface area contributed by atoms with Gasteiger partial charge in [0.05, 0.1) is 23.3 Å². The largest absolute Gasteiger partial charge is 0.370 e. The first-order valence-corrected chi connectivity index (χ1v) is 4.07. The molecule has 1 atom stereocenters. The summed E-state index contributed by atoms with van der Waals surface area (Å²) >= 11 is 0. The number of hydrogen-bond donors (Lipinski definition) is 0. The topological polar surface area (TPSA) is 50.8 Å². The van der Waals surface area contributed by atoms with Gasteiger partial charge < -0.3 is 4.90 Å². The molecule has 0 aromatic carbocycles. The molecule has 0 fully saturated rings. The van der Waals surface area contributed by atoms with E-state index in [1.54, 1.807) is 6.08 Å². The quantitative estimate of drug-likeness (QED) is 0.558. The molecule has 0 saturated carbocycles. The molecule has 13 heavy (non-hydrogen) atoms. The van der Waals surface area contributed by atoms with Crippen molar-refractivity contribution in [3.63, 3.8) is 0 Å². The summed E-state index contributed by atoms with van der Waals surface area (Å²) in [5.41, 5.74) is 2.15. The highest BCUT2D eigenvalue weighted by molar-refractivity contribution is 5.47. The van der Waals surface area contributed by atoms with E-state index in [4.69, 9.17) is 10.5 Å². The molecule has 3 nitrogen and oxygen atoms in total. The van der Waals surface area contributed by atoms with E-state index in [0.717, 1.165) is 5.70 Å². The first kappa shape index (κ1) is 9.35. The first-order chi connectivity index (χ1) is 6.11. The van der Waals surface area contributed by atoms with Crippen molar-refractivity contribution in [3.8, 4) is 12.1 Å². The summed E-state index contributed by atoms with van der Waals surface area (Å²) in [5.74, 6) is 0. The van der Waals surface area contributed by atoms with Crippen LogP contribution in [0, 0.1) is 22.7 Å². The van der Waals surface area contributed by atoms with E-state index in [0.29, 0.717) is 11.1 Å². The van der Waals surface area contributed by atoms with Crippen molar-refractivity contribution in [1.82, 2.24) is 4.90 Å². The summed E-state index contributed by atoms with van der Waals surface area (Å²) in [4.78, 5) is 1.94. The zero-order valence-electron chi connectivity index (χ0n) is 8.00. The molecule has 0 N–H and O–H groups in total. The molecule has 0 radical (unpaired) electrons. The van der Waals surface area contributed by atoms with E-state index in [2.05, 4.69) is 12.1 Å². The molecule has 1 rings (SSSR count). The fourth-order valence-electron chi connectivity index (χ4n) is 1.31. The molecular formula is C10H11N3. The highest BCUT2D eigenvalue weighted by Gasteiger charge is 2.21. The molecule has 1 aliphatic rings. The molecule has 1 aliphatic heterocycles. The zero-order valence-corrected chi connectivity index (χ0v) is 8.00. The number of hydrogen-bond acceptors (Lipinski definition) is 3. The third-order valence-corrected chi connectivity index (χ3v) is 2.50. The minimum Gasteiger partial charge on any atom is -0.370 e. The van der Waals surface area contributed by atoms with E-state index in [-0.39, 0.29) is 6.04 Å². The smallest absolute Gasteiger partial charge is 0.101 e. The van der Waals surface area contributed by atoms with Crippen molar-refractivity contribution >= 4 is 0 Å². The number of rotatable bonds is 0. The Balaban J connectivity index is 3.21. The van der Waals surface area contributed by atoms with E-state index < -0.39 is 0 Å². The van der Waals surface area contributed by atoms with Crippen molar-refractivity contribution in [2.45, 2.75) is 19.9 Å². The minimum atomic E-state index is 0.0714. The Morgan fingerprint density at radius 1 is 1.38 bits per heavy atom. The van der Waals surface area contributed by atoms with Crippen LogP contribution in [0.2, 0.25) is 0 Å². The Labute approximate surface area is 78.2 Å². The lowest BCUT2D eigenvalue weighted by molar-refractivity contribution is 0.358. The van der Waals surface area contributed by atoms with Crippen molar-refractivity contribution in [2.24, 2.45) is 0 Å². The summed E-state index contributed by atoms with van der Waals surface area (Å²) in [5, 5.41) is 17.6. The van der Waals surface area contributed by atoms with Gasteiger partial charge in [-0.15, -0.1) is 0 Å².